The fourth-order valence-corrected chi connectivity index (χ4v) is 2.67. The molecule has 0 aliphatic rings. The van der Waals surface area contributed by atoms with Crippen LogP contribution in [0.3, 0.4) is 0 Å². The Kier molecular flexibility index (Phi) is 11.7. The molecule has 1 aromatic heterocycles. The first-order valence-electron chi connectivity index (χ1n) is 8.40. The third-order valence-corrected chi connectivity index (χ3v) is 4.21. The first-order valence-corrected chi connectivity index (χ1v) is 9.60. The molecule has 1 amide bonds. The summed E-state index contributed by atoms with van der Waals surface area (Å²) < 4.78 is 13.1. The SMILES string of the molecule is CC.CC(=O)CCC(C)C.NC(=O)c1cnc(-c2cc(F)cc(Cl)c2)s1. The van der Waals surface area contributed by atoms with Gasteiger partial charge in [0.15, 0.2) is 0 Å². The predicted molar refractivity (Wildman–Crippen MR) is 107 cm³/mol. The second-order valence-electron chi connectivity index (χ2n) is 5.69. The molecule has 0 aliphatic heterocycles. The zero-order valence-corrected chi connectivity index (χ0v) is 17.4. The molecule has 0 unspecified atom stereocenters. The predicted octanol–water partition coefficient (Wildman–Crippen LogP) is 5.74. The molecule has 0 radical (unpaired) electrons. The van der Waals surface area contributed by atoms with Crippen LogP contribution in [0.5, 0.6) is 0 Å². The number of nitrogens with zero attached hydrogens (tertiary/aromatic N) is 1. The number of carbonyl (C=O) groups excluding carboxylic acids is 2. The highest BCUT2D eigenvalue weighted by molar-refractivity contribution is 7.16. The molecule has 1 heterocycles. The van der Waals surface area contributed by atoms with Crippen molar-refractivity contribution in [3.63, 3.8) is 0 Å². The van der Waals surface area contributed by atoms with Gasteiger partial charge in [0.05, 0.1) is 6.20 Å². The Morgan fingerprint density at radius 1 is 1.27 bits per heavy atom. The van der Waals surface area contributed by atoms with Crippen LogP contribution in [-0.2, 0) is 4.79 Å². The maximum absolute atomic E-state index is 13.1. The maximum atomic E-state index is 13.1. The number of rotatable bonds is 5. The van der Waals surface area contributed by atoms with E-state index in [0.29, 0.717) is 27.1 Å². The van der Waals surface area contributed by atoms with Gasteiger partial charge in [0.25, 0.3) is 5.91 Å². The summed E-state index contributed by atoms with van der Waals surface area (Å²) in [4.78, 5) is 25.5. The van der Waals surface area contributed by atoms with Crippen molar-refractivity contribution in [2.75, 3.05) is 0 Å². The number of ketones is 1. The summed E-state index contributed by atoms with van der Waals surface area (Å²) >= 11 is 6.82. The summed E-state index contributed by atoms with van der Waals surface area (Å²) in [6.45, 7) is 9.90. The van der Waals surface area contributed by atoms with E-state index in [1.165, 1.54) is 18.3 Å². The minimum atomic E-state index is -0.550. The zero-order chi connectivity index (χ0) is 20.3. The lowest BCUT2D eigenvalue weighted by Gasteiger charge is -1.98. The molecule has 0 saturated carbocycles. The number of hydrogen-bond donors (Lipinski definition) is 1. The number of primary amides is 1. The minimum absolute atomic E-state index is 0.283. The molecule has 7 heteroatoms. The molecular formula is C19H26ClFN2O2S. The van der Waals surface area contributed by atoms with Crippen molar-refractivity contribution in [3.8, 4) is 10.6 Å². The molecule has 26 heavy (non-hydrogen) atoms. The van der Waals surface area contributed by atoms with Gasteiger partial charge in [0, 0.05) is 17.0 Å². The number of Topliss-reactive ketones (excluding diaryl/α,β-unsaturated/α-hetero) is 1. The van der Waals surface area contributed by atoms with Gasteiger partial charge in [-0.15, -0.1) is 11.3 Å². The number of aromatic nitrogens is 1. The lowest BCUT2D eigenvalue weighted by molar-refractivity contribution is -0.117. The second kappa shape index (κ2) is 12.5. The minimum Gasteiger partial charge on any atom is -0.365 e. The Hall–Kier alpha value is -1.79. The number of amides is 1. The van der Waals surface area contributed by atoms with Crippen molar-refractivity contribution >= 4 is 34.6 Å². The molecule has 0 atom stereocenters. The van der Waals surface area contributed by atoms with Gasteiger partial charge in [-0.25, -0.2) is 9.37 Å². The van der Waals surface area contributed by atoms with Gasteiger partial charge >= 0.3 is 0 Å². The summed E-state index contributed by atoms with van der Waals surface area (Å²) in [5.41, 5.74) is 5.63. The molecule has 0 saturated heterocycles. The van der Waals surface area contributed by atoms with Gasteiger partial charge in [-0.05, 0) is 37.5 Å². The number of halogens is 2. The number of benzene rings is 1. The van der Waals surface area contributed by atoms with Crippen molar-refractivity contribution in [3.05, 3.63) is 40.1 Å². The van der Waals surface area contributed by atoms with Crippen LogP contribution < -0.4 is 5.73 Å². The van der Waals surface area contributed by atoms with E-state index < -0.39 is 11.7 Å². The van der Waals surface area contributed by atoms with Crippen LogP contribution in [0.25, 0.3) is 10.6 Å². The van der Waals surface area contributed by atoms with Gasteiger partial charge < -0.3 is 10.5 Å². The van der Waals surface area contributed by atoms with E-state index in [4.69, 9.17) is 17.3 Å². The first-order chi connectivity index (χ1) is 12.2. The molecule has 4 nitrogen and oxygen atoms in total. The molecule has 2 aromatic rings. The van der Waals surface area contributed by atoms with E-state index in [-0.39, 0.29) is 5.02 Å². The number of hydrogen-bond acceptors (Lipinski definition) is 4. The van der Waals surface area contributed by atoms with E-state index in [1.54, 1.807) is 13.0 Å². The largest absolute Gasteiger partial charge is 0.365 e. The third-order valence-electron chi connectivity index (χ3n) is 2.93. The van der Waals surface area contributed by atoms with Gasteiger partial charge in [-0.2, -0.15) is 0 Å². The Balaban J connectivity index is 0.000000533. The normalized spacial score (nSPS) is 9.69. The highest BCUT2D eigenvalue weighted by Gasteiger charge is 2.10. The topological polar surface area (TPSA) is 73.1 Å². The van der Waals surface area contributed by atoms with E-state index in [1.807, 2.05) is 13.8 Å². The summed E-state index contributed by atoms with van der Waals surface area (Å²) in [6.07, 6.45) is 3.15. The van der Waals surface area contributed by atoms with Gasteiger partial charge in [-0.1, -0.05) is 39.3 Å². The van der Waals surface area contributed by atoms with Gasteiger partial charge in [-0.3, -0.25) is 4.79 Å². The van der Waals surface area contributed by atoms with Crippen molar-refractivity contribution < 1.29 is 14.0 Å². The van der Waals surface area contributed by atoms with E-state index in [9.17, 15) is 14.0 Å². The van der Waals surface area contributed by atoms with Crippen molar-refractivity contribution in [2.24, 2.45) is 11.7 Å². The standard InChI is InChI=1S/C10H6ClFN2OS.C7H14O.C2H6/c11-6-1-5(2-7(12)3-6)10-14-4-8(16-10)9(13)15;1-6(2)4-5-7(3)8;1-2/h1-4H,(H2,13,15);6H,4-5H2,1-3H3;1-2H3. The quantitative estimate of drug-likeness (QED) is 0.695. The fraction of sp³-hybridized carbons (Fsp3) is 0.421. The van der Waals surface area contributed by atoms with Gasteiger partial charge in [0.1, 0.15) is 21.5 Å². The molecular weight excluding hydrogens is 375 g/mol. The average Bonchev–Trinajstić information content (AvgIpc) is 3.05. The summed E-state index contributed by atoms with van der Waals surface area (Å²) in [5.74, 6) is -0.0258. The molecule has 0 aliphatic carbocycles. The molecule has 0 bridgehead atoms. The van der Waals surface area contributed by atoms with Gasteiger partial charge in [0.2, 0.25) is 0 Å². The van der Waals surface area contributed by atoms with Crippen LogP contribution >= 0.6 is 22.9 Å². The molecule has 1 aromatic carbocycles. The lowest BCUT2D eigenvalue weighted by Crippen LogP contribution is -2.08. The second-order valence-corrected chi connectivity index (χ2v) is 7.15. The van der Waals surface area contributed by atoms with Crippen LogP contribution in [0.1, 0.15) is 57.1 Å². The Labute approximate surface area is 163 Å². The Bertz CT molecular complexity index is 697. The molecule has 0 fully saturated rings. The van der Waals surface area contributed by atoms with E-state index in [0.717, 1.165) is 24.2 Å². The highest BCUT2D eigenvalue weighted by Crippen LogP contribution is 2.28. The van der Waals surface area contributed by atoms with Crippen molar-refractivity contribution in [1.29, 1.82) is 0 Å². The molecule has 144 valence electrons. The third kappa shape index (κ3) is 9.63. The monoisotopic (exact) mass is 400 g/mol. The Morgan fingerprint density at radius 3 is 2.27 bits per heavy atom. The van der Waals surface area contributed by atoms with E-state index >= 15 is 0 Å². The maximum Gasteiger partial charge on any atom is 0.260 e. The van der Waals surface area contributed by atoms with Crippen LogP contribution in [0, 0.1) is 11.7 Å². The highest BCUT2D eigenvalue weighted by atomic mass is 35.5. The number of thiazole rings is 1. The van der Waals surface area contributed by atoms with Crippen LogP contribution in [-0.4, -0.2) is 16.7 Å². The number of carbonyl (C=O) groups is 2. The summed E-state index contributed by atoms with van der Waals surface area (Å²) in [5, 5.41) is 0.793. The van der Waals surface area contributed by atoms with Crippen LogP contribution in [0.15, 0.2) is 24.4 Å². The lowest BCUT2D eigenvalue weighted by atomic mass is 10.1. The average molecular weight is 401 g/mol. The van der Waals surface area contributed by atoms with Crippen molar-refractivity contribution in [2.45, 2.75) is 47.5 Å². The summed E-state index contributed by atoms with van der Waals surface area (Å²) in [7, 11) is 0. The summed E-state index contributed by atoms with van der Waals surface area (Å²) in [6, 6.07) is 4.08. The molecule has 2 rings (SSSR count). The smallest absolute Gasteiger partial charge is 0.260 e. The van der Waals surface area contributed by atoms with Crippen LogP contribution in [0.2, 0.25) is 5.02 Å². The fourth-order valence-electron chi connectivity index (χ4n) is 1.69. The van der Waals surface area contributed by atoms with E-state index in [2.05, 4.69) is 18.8 Å². The molecule has 2 N–H and O–H groups in total. The van der Waals surface area contributed by atoms with Crippen LogP contribution in [0.4, 0.5) is 4.39 Å². The molecule has 0 spiro atoms. The zero-order valence-electron chi connectivity index (χ0n) is 15.8. The first kappa shape index (κ1) is 24.2. The Morgan fingerprint density at radius 2 is 1.88 bits per heavy atom. The number of nitrogens with two attached hydrogens (primary N) is 1. The van der Waals surface area contributed by atoms with Crippen molar-refractivity contribution in [1.82, 2.24) is 4.98 Å².